The third-order valence-electron chi connectivity index (χ3n) is 3.05. The number of likely N-dealkylation sites (N-methyl/N-ethyl adjacent to an activating group) is 1. The first-order chi connectivity index (χ1) is 6.25. The van der Waals surface area contributed by atoms with E-state index in [-0.39, 0.29) is 0 Å². The van der Waals surface area contributed by atoms with E-state index < -0.39 is 0 Å². The maximum absolute atomic E-state index is 5.08. The van der Waals surface area contributed by atoms with E-state index in [4.69, 9.17) is 4.74 Å². The standard InChI is InChI=1S/C10H22N2O/c1-9(5-7-13-3)12(2)10-4-6-11-8-10/h9-11H,4-8H2,1-3H3. The number of hydrogen-bond donors (Lipinski definition) is 1. The topological polar surface area (TPSA) is 24.5 Å². The molecule has 1 aliphatic rings. The van der Waals surface area contributed by atoms with Gasteiger partial charge in [0.25, 0.3) is 0 Å². The highest BCUT2D eigenvalue weighted by Gasteiger charge is 2.22. The number of nitrogens with one attached hydrogen (secondary N) is 1. The molecule has 1 rings (SSSR count). The highest BCUT2D eigenvalue weighted by atomic mass is 16.5. The van der Waals surface area contributed by atoms with Gasteiger partial charge >= 0.3 is 0 Å². The van der Waals surface area contributed by atoms with Gasteiger partial charge in [0.05, 0.1) is 0 Å². The van der Waals surface area contributed by atoms with Crippen molar-refractivity contribution in [3.05, 3.63) is 0 Å². The van der Waals surface area contributed by atoms with Crippen LogP contribution in [0.5, 0.6) is 0 Å². The van der Waals surface area contributed by atoms with Crippen LogP contribution in [0.4, 0.5) is 0 Å². The van der Waals surface area contributed by atoms with Crippen LogP contribution < -0.4 is 5.32 Å². The Kier molecular flexibility index (Phi) is 4.70. The van der Waals surface area contributed by atoms with Crippen molar-refractivity contribution in [2.24, 2.45) is 0 Å². The summed E-state index contributed by atoms with van der Waals surface area (Å²) in [6.45, 7) is 5.46. The fraction of sp³-hybridized carbons (Fsp3) is 1.00. The Hall–Kier alpha value is -0.120. The fourth-order valence-electron chi connectivity index (χ4n) is 1.84. The van der Waals surface area contributed by atoms with Gasteiger partial charge < -0.3 is 10.1 Å². The number of methoxy groups -OCH3 is 1. The molecule has 1 fully saturated rings. The summed E-state index contributed by atoms with van der Waals surface area (Å²) in [7, 11) is 3.99. The van der Waals surface area contributed by atoms with Crippen LogP contribution in [0, 0.1) is 0 Å². The molecule has 1 heterocycles. The molecule has 78 valence electrons. The maximum atomic E-state index is 5.08. The van der Waals surface area contributed by atoms with Crippen LogP contribution >= 0.6 is 0 Å². The van der Waals surface area contributed by atoms with E-state index in [1.165, 1.54) is 13.0 Å². The third kappa shape index (κ3) is 3.25. The van der Waals surface area contributed by atoms with Crippen molar-refractivity contribution < 1.29 is 4.74 Å². The van der Waals surface area contributed by atoms with Crippen molar-refractivity contribution in [2.45, 2.75) is 31.8 Å². The molecule has 1 saturated heterocycles. The van der Waals surface area contributed by atoms with Crippen LogP contribution in [-0.4, -0.2) is 50.8 Å². The molecule has 0 aromatic carbocycles. The summed E-state index contributed by atoms with van der Waals surface area (Å²) >= 11 is 0. The maximum Gasteiger partial charge on any atom is 0.0477 e. The zero-order chi connectivity index (χ0) is 9.68. The van der Waals surface area contributed by atoms with Crippen LogP contribution in [0.15, 0.2) is 0 Å². The summed E-state index contributed by atoms with van der Waals surface area (Å²) < 4.78 is 5.08. The summed E-state index contributed by atoms with van der Waals surface area (Å²) in [6, 6.07) is 1.36. The Morgan fingerprint density at radius 1 is 1.62 bits per heavy atom. The number of ether oxygens (including phenoxy) is 1. The zero-order valence-electron chi connectivity index (χ0n) is 9.05. The van der Waals surface area contributed by atoms with Crippen LogP contribution in [0.2, 0.25) is 0 Å². The molecule has 0 amide bonds. The lowest BCUT2D eigenvalue weighted by atomic mass is 10.1. The summed E-state index contributed by atoms with van der Waals surface area (Å²) in [4.78, 5) is 2.47. The van der Waals surface area contributed by atoms with Gasteiger partial charge in [0, 0.05) is 32.3 Å². The van der Waals surface area contributed by atoms with Crippen molar-refractivity contribution in [3.8, 4) is 0 Å². The highest BCUT2D eigenvalue weighted by molar-refractivity contribution is 4.81. The molecular weight excluding hydrogens is 164 g/mol. The van der Waals surface area contributed by atoms with E-state index in [9.17, 15) is 0 Å². The predicted octanol–water partition coefficient (Wildman–Crippen LogP) is 0.705. The van der Waals surface area contributed by atoms with Crippen LogP contribution in [0.3, 0.4) is 0 Å². The van der Waals surface area contributed by atoms with Gasteiger partial charge in [0.15, 0.2) is 0 Å². The second-order valence-corrected chi connectivity index (χ2v) is 3.94. The lowest BCUT2D eigenvalue weighted by molar-refractivity contribution is 0.132. The number of nitrogens with zero attached hydrogens (tertiary/aromatic N) is 1. The van der Waals surface area contributed by atoms with Gasteiger partial charge in [-0.1, -0.05) is 0 Å². The van der Waals surface area contributed by atoms with Crippen molar-refractivity contribution in [2.75, 3.05) is 33.9 Å². The zero-order valence-corrected chi connectivity index (χ0v) is 9.05. The smallest absolute Gasteiger partial charge is 0.0477 e. The fourth-order valence-corrected chi connectivity index (χ4v) is 1.84. The Labute approximate surface area is 81.4 Å². The molecule has 0 radical (unpaired) electrons. The van der Waals surface area contributed by atoms with Gasteiger partial charge in [0.1, 0.15) is 0 Å². The highest BCUT2D eigenvalue weighted by Crippen LogP contribution is 2.11. The van der Waals surface area contributed by atoms with Gasteiger partial charge in [-0.2, -0.15) is 0 Å². The Morgan fingerprint density at radius 2 is 2.38 bits per heavy atom. The molecule has 0 aromatic rings. The molecule has 0 spiro atoms. The summed E-state index contributed by atoms with van der Waals surface area (Å²) in [5.74, 6) is 0. The number of hydrogen-bond acceptors (Lipinski definition) is 3. The number of rotatable bonds is 5. The minimum atomic E-state index is 0.629. The van der Waals surface area contributed by atoms with Gasteiger partial charge in [0.2, 0.25) is 0 Å². The predicted molar refractivity (Wildman–Crippen MR) is 55.0 cm³/mol. The second kappa shape index (κ2) is 5.58. The Balaban J connectivity index is 2.23. The van der Waals surface area contributed by atoms with Gasteiger partial charge in [-0.3, -0.25) is 4.90 Å². The van der Waals surface area contributed by atoms with Crippen molar-refractivity contribution in [1.82, 2.24) is 10.2 Å². The molecule has 0 saturated carbocycles. The van der Waals surface area contributed by atoms with Crippen molar-refractivity contribution in [1.29, 1.82) is 0 Å². The van der Waals surface area contributed by atoms with E-state index in [1.54, 1.807) is 7.11 Å². The van der Waals surface area contributed by atoms with Crippen LogP contribution in [-0.2, 0) is 4.74 Å². The molecule has 2 atom stereocenters. The molecule has 0 bridgehead atoms. The molecule has 0 aromatic heterocycles. The summed E-state index contributed by atoms with van der Waals surface area (Å²) in [5.41, 5.74) is 0. The van der Waals surface area contributed by atoms with Crippen molar-refractivity contribution in [3.63, 3.8) is 0 Å². The monoisotopic (exact) mass is 186 g/mol. The lowest BCUT2D eigenvalue weighted by Gasteiger charge is -2.29. The lowest BCUT2D eigenvalue weighted by Crippen LogP contribution is -2.40. The van der Waals surface area contributed by atoms with E-state index >= 15 is 0 Å². The molecular formula is C10H22N2O. The van der Waals surface area contributed by atoms with Crippen LogP contribution in [0.1, 0.15) is 19.8 Å². The van der Waals surface area contributed by atoms with E-state index in [1.807, 2.05) is 0 Å². The average Bonchev–Trinajstić information content (AvgIpc) is 2.65. The minimum Gasteiger partial charge on any atom is -0.385 e. The quantitative estimate of drug-likeness (QED) is 0.684. The van der Waals surface area contributed by atoms with Gasteiger partial charge in [-0.15, -0.1) is 0 Å². The SMILES string of the molecule is COCCC(C)N(C)C1CCNC1. The van der Waals surface area contributed by atoms with Crippen LogP contribution in [0.25, 0.3) is 0 Å². The third-order valence-corrected chi connectivity index (χ3v) is 3.05. The largest absolute Gasteiger partial charge is 0.385 e. The first-order valence-electron chi connectivity index (χ1n) is 5.17. The van der Waals surface area contributed by atoms with E-state index in [2.05, 4.69) is 24.2 Å². The van der Waals surface area contributed by atoms with Crippen molar-refractivity contribution >= 4 is 0 Å². The Bertz CT molecular complexity index is 135. The molecule has 3 nitrogen and oxygen atoms in total. The first kappa shape index (κ1) is 11.0. The average molecular weight is 186 g/mol. The second-order valence-electron chi connectivity index (χ2n) is 3.94. The Morgan fingerprint density at radius 3 is 2.92 bits per heavy atom. The molecule has 2 unspecified atom stereocenters. The van der Waals surface area contributed by atoms with E-state index in [0.717, 1.165) is 25.6 Å². The van der Waals surface area contributed by atoms with Gasteiger partial charge in [-0.25, -0.2) is 0 Å². The molecule has 13 heavy (non-hydrogen) atoms. The normalized spacial score (nSPS) is 25.4. The molecule has 3 heteroatoms. The van der Waals surface area contributed by atoms with E-state index in [0.29, 0.717) is 6.04 Å². The summed E-state index contributed by atoms with van der Waals surface area (Å²) in [6.07, 6.45) is 2.41. The molecule has 1 aliphatic heterocycles. The summed E-state index contributed by atoms with van der Waals surface area (Å²) in [5, 5.41) is 3.39. The molecule has 0 aliphatic carbocycles. The van der Waals surface area contributed by atoms with Gasteiger partial charge in [-0.05, 0) is 33.4 Å². The minimum absolute atomic E-state index is 0.629. The first-order valence-corrected chi connectivity index (χ1v) is 5.17. The molecule has 1 N–H and O–H groups in total.